The second-order valence-electron chi connectivity index (χ2n) is 7.56. The zero-order chi connectivity index (χ0) is 19.6. The third-order valence-corrected chi connectivity index (χ3v) is 5.70. The fourth-order valence-corrected chi connectivity index (χ4v) is 4.07. The number of aromatic amines is 1. The van der Waals surface area contributed by atoms with Crippen LogP contribution in [0.4, 0.5) is 0 Å². The molecular weight excluding hydrogens is 364 g/mol. The van der Waals surface area contributed by atoms with E-state index >= 15 is 0 Å². The molecule has 0 spiro atoms. The smallest absolute Gasteiger partial charge is 0.251 e. The Kier molecular flexibility index (Phi) is 4.56. The molecule has 1 aromatic carbocycles. The van der Waals surface area contributed by atoms with E-state index in [-0.39, 0.29) is 11.9 Å². The first-order valence-electron chi connectivity index (χ1n) is 9.95. The van der Waals surface area contributed by atoms with E-state index in [1.165, 1.54) is 0 Å². The lowest BCUT2D eigenvalue weighted by Crippen LogP contribution is -2.38. The van der Waals surface area contributed by atoms with Crippen molar-refractivity contribution in [2.75, 3.05) is 0 Å². The molecule has 7 nitrogen and oxygen atoms in total. The van der Waals surface area contributed by atoms with Crippen LogP contribution in [0.5, 0.6) is 0 Å². The number of carbonyl (C=O) groups excluding carboxylic acids is 1. The number of hydrogen-bond donors (Lipinski definition) is 2. The van der Waals surface area contributed by atoms with Crippen LogP contribution in [0.15, 0.2) is 61.4 Å². The number of hydrogen-bond acceptors (Lipinski definition) is 4. The van der Waals surface area contributed by atoms with Crippen LogP contribution in [-0.2, 0) is 0 Å². The summed E-state index contributed by atoms with van der Waals surface area (Å²) in [5.74, 6) is -0.00455. The number of rotatable bonds is 4. The van der Waals surface area contributed by atoms with Crippen LogP contribution in [0.1, 0.15) is 42.1 Å². The topological polar surface area (TPSA) is 88.5 Å². The summed E-state index contributed by atoms with van der Waals surface area (Å²) >= 11 is 0. The van der Waals surface area contributed by atoms with E-state index in [0.29, 0.717) is 11.6 Å². The van der Waals surface area contributed by atoms with E-state index in [1.807, 2.05) is 47.4 Å². The minimum atomic E-state index is -0.00455. The second-order valence-corrected chi connectivity index (χ2v) is 7.56. The van der Waals surface area contributed by atoms with E-state index < -0.39 is 0 Å². The molecule has 3 aromatic heterocycles. The van der Waals surface area contributed by atoms with Crippen molar-refractivity contribution >= 4 is 16.8 Å². The van der Waals surface area contributed by atoms with Gasteiger partial charge in [0.25, 0.3) is 5.91 Å². The van der Waals surface area contributed by atoms with Crippen LogP contribution in [0.3, 0.4) is 0 Å². The standard InChI is InChI=1S/C22H22N6O/c29-22(16-2-1-15-7-10-24-21(15)11-16)27-18-3-5-19(6-4-18)28-13-17(12-26-28)20-8-9-23-14-25-20/h1-2,7-14,18-19,24H,3-6H2,(H,27,29). The Hall–Kier alpha value is -3.48. The lowest BCUT2D eigenvalue weighted by atomic mass is 9.91. The Morgan fingerprint density at radius 2 is 2.03 bits per heavy atom. The molecule has 29 heavy (non-hydrogen) atoms. The molecule has 146 valence electrons. The largest absolute Gasteiger partial charge is 0.361 e. The van der Waals surface area contributed by atoms with Gasteiger partial charge in [-0.15, -0.1) is 0 Å². The maximum absolute atomic E-state index is 12.6. The highest BCUT2D eigenvalue weighted by Crippen LogP contribution is 2.29. The molecule has 1 aliphatic rings. The highest BCUT2D eigenvalue weighted by molar-refractivity contribution is 5.98. The van der Waals surface area contributed by atoms with Crippen LogP contribution in [0.25, 0.3) is 22.2 Å². The van der Waals surface area contributed by atoms with Gasteiger partial charge in [-0.2, -0.15) is 5.10 Å². The average Bonchev–Trinajstić information content (AvgIpc) is 3.44. The molecule has 5 rings (SSSR count). The molecule has 2 N–H and O–H groups in total. The molecular formula is C22H22N6O. The molecule has 1 fully saturated rings. The summed E-state index contributed by atoms with van der Waals surface area (Å²) in [6, 6.07) is 10.2. The monoisotopic (exact) mass is 386 g/mol. The molecule has 0 saturated heterocycles. The van der Waals surface area contributed by atoms with Crippen molar-refractivity contribution in [1.29, 1.82) is 0 Å². The zero-order valence-corrected chi connectivity index (χ0v) is 16.0. The molecule has 1 aliphatic carbocycles. The molecule has 7 heteroatoms. The molecule has 1 amide bonds. The highest BCUT2D eigenvalue weighted by atomic mass is 16.1. The van der Waals surface area contributed by atoms with Gasteiger partial charge >= 0.3 is 0 Å². The number of nitrogens with one attached hydrogen (secondary N) is 2. The van der Waals surface area contributed by atoms with E-state index in [2.05, 4.69) is 31.6 Å². The quantitative estimate of drug-likeness (QED) is 0.559. The molecule has 0 aliphatic heterocycles. The molecule has 4 aromatic rings. The van der Waals surface area contributed by atoms with Gasteiger partial charge in [0.2, 0.25) is 0 Å². The van der Waals surface area contributed by atoms with Gasteiger partial charge < -0.3 is 10.3 Å². The lowest BCUT2D eigenvalue weighted by molar-refractivity contribution is 0.0922. The van der Waals surface area contributed by atoms with Crippen molar-refractivity contribution in [2.24, 2.45) is 0 Å². The fraction of sp³-hybridized carbons (Fsp3) is 0.273. The molecule has 3 heterocycles. The zero-order valence-electron chi connectivity index (χ0n) is 16.0. The summed E-state index contributed by atoms with van der Waals surface area (Å²) in [7, 11) is 0. The first-order chi connectivity index (χ1) is 14.3. The third kappa shape index (κ3) is 3.63. The third-order valence-electron chi connectivity index (χ3n) is 5.70. The first kappa shape index (κ1) is 17.6. The van der Waals surface area contributed by atoms with Crippen molar-refractivity contribution in [3.05, 3.63) is 67.0 Å². The van der Waals surface area contributed by atoms with E-state index in [1.54, 1.807) is 12.5 Å². The summed E-state index contributed by atoms with van der Waals surface area (Å²) in [5, 5.41) is 8.85. The van der Waals surface area contributed by atoms with Gasteiger partial charge in [-0.05, 0) is 55.3 Å². The average molecular weight is 386 g/mol. The van der Waals surface area contributed by atoms with E-state index in [0.717, 1.165) is 47.8 Å². The van der Waals surface area contributed by atoms with E-state index in [9.17, 15) is 4.79 Å². The number of carbonyl (C=O) groups is 1. The first-order valence-corrected chi connectivity index (χ1v) is 9.95. The number of amides is 1. The Bertz CT molecular complexity index is 1120. The Labute approximate surface area is 168 Å². The molecule has 0 atom stereocenters. The van der Waals surface area contributed by atoms with Crippen LogP contribution < -0.4 is 5.32 Å². The second kappa shape index (κ2) is 7.50. The summed E-state index contributed by atoms with van der Waals surface area (Å²) in [5.41, 5.74) is 3.57. The molecule has 0 radical (unpaired) electrons. The Balaban J connectivity index is 1.19. The molecule has 1 saturated carbocycles. The minimum Gasteiger partial charge on any atom is -0.361 e. The maximum atomic E-state index is 12.6. The highest BCUT2D eigenvalue weighted by Gasteiger charge is 2.24. The lowest BCUT2D eigenvalue weighted by Gasteiger charge is -2.29. The SMILES string of the molecule is O=C(NC1CCC(n2cc(-c3ccncn3)cn2)CC1)c1ccc2cc[nH]c2c1. The van der Waals surface area contributed by atoms with Crippen LogP contribution >= 0.6 is 0 Å². The van der Waals surface area contributed by atoms with Gasteiger partial charge in [0.05, 0.1) is 17.9 Å². The number of H-pyrrole nitrogens is 1. The van der Waals surface area contributed by atoms with Crippen LogP contribution in [0.2, 0.25) is 0 Å². The van der Waals surface area contributed by atoms with Gasteiger partial charge in [-0.1, -0.05) is 6.07 Å². The van der Waals surface area contributed by atoms with Crippen molar-refractivity contribution in [3.63, 3.8) is 0 Å². The van der Waals surface area contributed by atoms with Gasteiger partial charge in [0.1, 0.15) is 6.33 Å². The van der Waals surface area contributed by atoms with Crippen LogP contribution in [0, 0.1) is 0 Å². The Morgan fingerprint density at radius 3 is 2.86 bits per heavy atom. The number of fused-ring (bicyclic) bond motifs is 1. The number of aromatic nitrogens is 5. The number of nitrogens with zero attached hydrogens (tertiary/aromatic N) is 4. The maximum Gasteiger partial charge on any atom is 0.251 e. The predicted octanol–water partition coefficient (Wildman–Crippen LogP) is 3.74. The fourth-order valence-electron chi connectivity index (χ4n) is 4.07. The van der Waals surface area contributed by atoms with Crippen molar-refractivity contribution in [3.8, 4) is 11.3 Å². The van der Waals surface area contributed by atoms with Crippen molar-refractivity contribution in [1.82, 2.24) is 30.0 Å². The van der Waals surface area contributed by atoms with Gasteiger partial charge in [0, 0.05) is 41.3 Å². The summed E-state index contributed by atoms with van der Waals surface area (Å²) in [6.45, 7) is 0. The molecule has 0 unspecified atom stereocenters. The molecule has 0 bridgehead atoms. The summed E-state index contributed by atoms with van der Waals surface area (Å²) < 4.78 is 2.04. The normalized spacial score (nSPS) is 19.3. The minimum absolute atomic E-state index is 0.00455. The van der Waals surface area contributed by atoms with E-state index in [4.69, 9.17) is 0 Å². The predicted molar refractivity (Wildman–Crippen MR) is 110 cm³/mol. The number of benzene rings is 1. The summed E-state index contributed by atoms with van der Waals surface area (Å²) in [6.07, 6.45) is 13.0. The van der Waals surface area contributed by atoms with Crippen molar-refractivity contribution < 1.29 is 4.79 Å². The van der Waals surface area contributed by atoms with Crippen LogP contribution in [-0.4, -0.2) is 36.7 Å². The van der Waals surface area contributed by atoms with Gasteiger partial charge in [-0.25, -0.2) is 9.97 Å². The van der Waals surface area contributed by atoms with Gasteiger partial charge in [-0.3, -0.25) is 9.48 Å². The van der Waals surface area contributed by atoms with Crippen molar-refractivity contribution in [2.45, 2.75) is 37.8 Å². The Morgan fingerprint density at radius 1 is 1.14 bits per heavy atom. The summed E-state index contributed by atoms with van der Waals surface area (Å²) in [4.78, 5) is 24.0. The van der Waals surface area contributed by atoms with Gasteiger partial charge in [0.15, 0.2) is 0 Å².